The fourth-order valence-corrected chi connectivity index (χ4v) is 3.72. The van der Waals surface area contributed by atoms with Gasteiger partial charge in [0, 0.05) is 12.3 Å². The molecule has 0 saturated heterocycles. The summed E-state index contributed by atoms with van der Waals surface area (Å²) >= 11 is 0. The summed E-state index contributed by atoms with van der Waals surface area (Å²) in [5, 5.41) is 7.03. The largest absolute Gasteiger partial charge is 0.493 e. The normalized spacial score (nSPS) is 11.8. The van der Waals surface area contributed by atoms with Crippen LogP contribution in [0.3, 0.4) is 0 Å². The van der Waals surface area contributed by atoms with Crippen molar-refractivity contribution in [3.63, 3.8) is 0 Å². The van der Waals surface area contributed by atoms with Gasteiger partial charge in [0.15, 0.2) is 17.3 Å². The number of hydrogen-bond acceptors (Lipinski definition) is 8. The second-order valence-corrected chi connectivity index (χ2v) is 8.71. The number of amides is 1. The van der Waals surface area contributed by atoms with Gasteiger partial charge in [0.05, 0.1) is 18.9 Å². The number of aromatic nitrogens is 3. The fraction of sp³-hybridized carbons (Fsp3) is 0.250. The van der Waals surface area contributed by atoms with E-state index in [9.17, 15) is 9.59 Å². The van der Waals surface area contributed by atoms with Crippen molar-refractivity contribution in [1.82, 2.24) is 20.4 Å². The Kier molecular flexibility index (Phi) is 7.92. The minimum absolute atomic E-state index is 0.0483. The first-order valence-electron chi connectivity index (χ1n) is 11.9. The van der Waals surface area contributed by atoms with Crippen LogP contribution in [-0.2, 0) is 4.79 Å². The first kappa shape index (κ1) is 25.6. The number of rotatable bonds is 9. The van der Waals surface area contributed by atoms with Crippen LogP contribution in [0.5, 0.6) is 11.5 Å². The third-order valence-electron chi connectivity index (χ3n) is 5.68. The third-order valence-corrected chi connectivity index (χ3v) is 5.68. The molecule has 37 heavy (non-hydrogen) atoms. The van der Waals surface area contributed by atoms with E-state index in [0.717, 1.165) is 11.1 Å². The van der Waals surface area contributed by atoms with Crippen molar-refractivity contribution in [3.05, 3.63) is 101 Å². The molecule has 0 unspecified atom stereocenters. The fourth-order valence-electron chi connectivity index (χ4n) is 3.72. The molecule has 4 aromatic rings. The van der Waals surface area contributed by atoms with Crippen LogP contribution in [0.15, 0.2) is 77.4 Å². The lowest BCUT2D eigenvalue weighted by Gasteiger charge is -2.15. The van der Waals surface area contributed by atoms with Crippen molar-refractivity contribution < 1.29 is 23.6 Å². The van der Waals surface area contributed by atoms with Crippen LogP contribution in [0.4, 0.5) is 0 Å². The molecule has 2 aromatic carbocycles. The summed E-state index contributed by atoms with van der Waals surface area (Å²) in [6.07, 6.45) is 1.40. The Morgan fingerprint density at radius 1 is 0.919 bits per heavy atom. The van der Waals surface area contributed by atoms with Gasteiger partial charge in [0.25, 0.3) is 5.91 Å². The zero-order valence-corrected chi connectivity index (χ0v) is 21.0. The predicted octanol–water partition coefficient (Wildman–Crippen LogP) is 4.71. The maximum absolute atomic E-state index is 13.1. The van der Waals surface area contributed by atoms with Gasteiger partial charge >= 0.3 is 5.97 Å². The molecule has 1 N–H and O–H groups in total. The molecule has 9 heteroatoms. The average Bonchev–Trinajstić information content (AvgIpc) is 3.40. The first-order chi connectivity index (χ1) is 17.9. The van der Waals surface area contributed by atoms with Crippen LogP contribution in [0.25, 0.3) is 0 Å². The predicted molar refractivity (Wildman–Crippen MR) is 135 cm³/mol. The van der Waals surface area contributed by atoms with Gasteiger partial charge in [-0.2, -0.15) is 4.98 Å². The second kappa shape index (κ2) is 11.5. The third kappa shape index (κ3) is 5.83. The summed E-state index contributed by atoms with van der Waals surface area (Å²) < 4.78 is 16.3. The van der Waals surface area contributed by atoms with Crippen LogP contribution < -0.4 is 14.8 Å². The van der Waals surface area contributed by atoms with Crippen molar-refractivity contribution in [2.75, 3.05) is 7.11 Å². The summed E-state index contributed by atoms with van der Waals surface area (Å²) in [7, 11) is 1.42. The minimum Gasteiger partial charge on any atom is -0.493 e. The summed E-state index contributed by atoms with van der Waals surface area (Å²) in [5.41, 5.74) is 1.93. The van der Waals surface area contributed by atoms with E-state index >= 15 is 0 Å². The van der Waals surface area contributed by atoms with Crippen molar-refractivity contribution >= 4 is 11.9 Å². The maximum atomic E-state index is 13.1. The molecule has 2 heterocycles. The lowest BCUT2D eigenvalue weighted by Crippen LogP contribution is -2.29. The van der Waals surface area contributed by atoms with E-state index in [2.05, 4.69) is 20.4 Å². The summed E-state index contributed by atoms with van der Waals surface area (Å²) in [4.78, 5) is 34.1. The monoisotopic (exact) mass is 500 g/mol. The molecule has 0 fully saturated rings. The molecule has 0 radical (unpaired) electrons. The molecule has 2 aromatic heterocycles. The highest BCUT2D eigenvalue weighted by Crippen LogP contribution is 2.32. The molecule has 0 saturated carbocycles. The molecule has 9 nitrogen and oxygen atoms in total. The number of nitrogens with one attached hydrogen (secondary N) is 1. The molecule has 0 spiro atoms. The topological polar surface area (TPSA) is 116 Å². The van der Waals surface area contributed by atoms with Gasteiger partial charge in [-0.15, -0.1) is 0 Å². The van der Waals surface area contributed by atoms with E-state index in [0.29, 0.717) is 5.82 Å². The molecule has 0 aliphatic carbocycles. The quantitative estimate of drug-likeness (QED) is 0.329. The maximum Gasteiger partial charge on any atom is 0.313 e. The number of esters is 1. The van der Waals surface area contributed by atoms with Crippen molar-refractivity contribution in [2.45, 2.75) is 32.7 Å². The van der Waals surface area contributed by atoms with Gasteiger partial charge < -0.3 is 19.3 Å². The molecule has 4 rings (SSSR count). The Morgan fingerprint density at radius 3 is 2.11 bits per heavy atom. The number of pyridine rings is 1. The Morgan fingerprint density at radius 2 is 1.54 bits per heavy atom. The van der Waals surface area contributed by atoms with Crippen LogP contribution in [0, 0.1) is 5.92 Å². The molecular weight excluding hydrogens is 472 g/mol. The molecule has 1 amide bonds. The number of carbonyl (C=O) groups is 2. The van der Waals surface area contributed by atoms with Crippen molar-refractivity contribution in [2.24, 2.45) is 5.92 Å². The summed E-state index contributed by atoms with van der Waals surface area (Å²) in [6, 6.07) is 20.6. The minimum atomic E-state index is -0.650. The van der Waals surface area contributed by atoms with Crippen LogP contribution in [-0.4, -0.2) is 34.1 Å². The smallest absolute Gasteiger partial charge is 0.313 e. The van der Waals surface area contributed by atoms with Crippen LogP contribution in [0.1, 0.15) is 66.1 Å². The highest BCUT2D eigenvalue weighted by molar-refractivity contribution is 5.96. The lowest BCUT2D eigenvalue weighted by atomic mass is 9.91. The lowest BCUT2D eigenvalue weighted by molar-refractivity contribution is -0.137. The molecule has 190 valence electrons. The van der Waals surface area contributed by atoms with Gasteiger partial charge in [0.1, 0.15) is 6.04 Å². The number of ether oxygens (including phenoxy) is 2. The average molecular weight is 501 g/mol. The van der Waals surface area contributed by atoms with Gasteiger partial charge in [-0.05, 0) is 18.1 Å². The molecular formula is C28H28N4O5. The molecule has 0 bridgehead atoms. The summed E-state index contributed by atoms with van der Waals surface area (Å²) in [5.74, 6) is -0.876. The Balaban J connectivity index is 1.59. The van der Waals surface area contributed by atoms with Crippen molar-refractivity contribution in [3.8, 4) is 11.5 Å². The SMILES string of the molecule is COc1ccnc(C(=O)N[C@@H](C)c2nc(C(c3ccccc3)c3ccccc3)no2)c1OC(=O)C(C)C. The van der Waals surface area contributed by atoms with Gasteiger partial charge in [-0.25, -0.2) is 4.98 Å². The van der Waals surface area contributed by atoms with Crippen LogP contribution in [0.2, 0.25) is 0 Å². The van der Waals surface area contributed by atoms with Gasteiger partial charge in [-0.1, -0.05) is 79.7 Å². The number of methoxy groups -OCH3 is 1. The Bertz CT molecular complexity index is 1320. The molecule has 1 atom stereocenters. The zero-order valence-electron chi connectivity index (χ0n) is 21.0. The number of nitrogens with zero attached hydrogens (tertiary/aromatic N) is 3. The van der Waals surface area contributed by atoms with E-state index < -0.39 is 23.8 Å². The van der Waals surface area contributed by atoms with E-state index in [1.807, 2.05) is 60.7 Å². The standard InChI is InChI=1S/C28H28N4O5/c1-17(2)28(34)36-24-21(35-4)15-16-29-23(24)26(33)30-18(3)27-31-25(32-37-27)22(19-11-7-5-8-12-19)20-13-9-6-10-14-20/h5-18,22H,1-4H3,(H,30,33)/t18-/m0/s1. The second-order valence-electron chi connectivity index (χ2n) is 8.71. The van der Waals surface area contributed by atoms with Crippen LogP contribution >= 0.6 is 0 Å². The first-order valence-corrected chi connectivity index (χ1v) is 11.9. The Labute approximate surface area is 214 Å². The van der Waals surface area contributed by atoms with E-state index in [4.69, 9.17) is 14.0 Å². The number of carbonyl (C=O) groups excluding carboxylic acids is 2. The highest BCUT2D eigenvalue weighted by atomic mass is 16.6. The zero-order chi connectivity index (χ0) is 26.4. The van der Waals surface area contributed by atoms with Gasteiger partial charge in [0.2, 0.25) is 11.6 Å². The molecule has 0 aliphatic heterocycles. The van der Waals surface area contributed by atoms with E-state index in [1.165, 1.54) is 19.4 Å². The number of hydrogen-bond donors (Lipinski definition) is 1. The Hall–Kier alpha value is -4.53. The molecule has 0 aliphatic rings. The van der Waals surface area contributed by atoms with Gasteiger partial charge in [-0.3, -0.25) is 9.59 Å². The summed E-state index contributed by atoms with van der Waals surface area (Å²) in [6.45, 7) is 5.10. The highest BCUT2D eigenvalue weighted by Gasteiger charge is 2.27. The van der Waals surface area contributed by atoms with E-state index in [-0.39, 0.29) is 29.0 Å². The number of benzene rings is 2. The van der Waals surface area contributed by atoms with E-state index in [1.54, 1.807) is 20.8 Å². The van der Waals surface area contributed by atoms with Crippen molar-refractivity contribution in [1.29, 1.82) is 0 Å².